The molecule has 0 saturated carbocycles. The lowest BCUT2D eigenvalue weighted by Gasteiger charge is -2.49. The van der Waals surface area contributed by atoms with E-state index in [0.29, 0.717) is 0 Å². The summed E-state index contributed by atoms with van der Waals surface area (Å²) in [6, 6.07) is 20.2. The molecule has 0 spiro atoms. The highest BCUT2D eigenvalue weighted by Gasteiger charge is 2.53. The highest BCUT2D eigenvalue weighted by atomic mass is 16.2. The Morgan fingerprint density at radius 2 is 1.83 bits per heavy atom. The zero-order valence-electron chi connectivity index (χ0n) is 13.8. The lowest BCUT2D eigenvalue weighted by atomic mass is 9.69. The molecule has 2 heterocycles. The van der Waals surface area contributed by atoms with E-state index in [0.717, 1.165) is 41.5 Å². The van der Waals surface area contributed by atoms with E-state index in [9.17, 15) is 4.79 Å². The van der Waals surface area contributed by atoms with E-state index in [-0.39, 0.29) is 11.3 Å². The number of hydrogen-bond donors (Lipinski definition) is 0. The number of amides is 1. The van der Waals surface area contributed by atoms with E-state index >= 15 is 0 Å². The van der Waals surface area contributed by atoms with E-state index in [1.165, 1.54) is 0 Å². The predicted octanol–water partition coefficient (Wildman–Crippen LogP) is 4.32. The van der Waals surface area contributed by atoms with Crippen LogP contribution in [0.1, 0.15) is 25.3 Å². The van der Waals surface area contributed by atoms with Crippen LogP contribution in [0, 0.1) is 0 Å². The number of carbonyl (C=O) groups is 1. The Morgan fingerprint density at radius 1 is 1.04 bits per heavy atom. The summed E-state index contributed by atoms with van der Waals surface area (Å²) in [6.45, 7) is 2.86. The van der Waals surface area contributed by atoms with Crippen molar-refractivity contribution in [3.8, 4) is 0 Å². The summed E-state index contributed by atoms with van der Waals surface area (Å²) < 4.78 is 0. The molecule has 120 valence electrons. The van der Waals surface area contributed by atoms with Crippen LogP contribution in [0.4, 0.5) is 5.69 Å². The fourth-order valence-corrected chi connectivity index (χ4v) is 3.81. The third-order valence-electron chi connectivity index (χ3n) is 4.99. The Balaban J connectivity index is 1.74. The molecule has 0 aliphatic carbocycles. The van der Waals surface area contributed by atoms with Gasteiger partial charge in [0.15, 0.2) is 0 Å². The van der Waals surface area contributed by atoms with E-state index in [1.807, 2.05) is 53.4 Å². The molecule has 1 amide bonds. The first-order chi connectivity index (χ1) is 11.8. The zero-order valence-corrected chi connectivity index (χ0v) is 13.8. The lowest BCUT2D eigenvalue weighted by molar-refractivity contribution is -0.130. The third kappa shape index (κ3) is 2.12. The van der Waals surface area contributed by atoms with Crippen molar-refractivity contribution in [2.24, 2.45) is 0 Å². The second kappa shape index (κ2) is 5.75. The zero-order chi connectivity index (χ0) is 16.6. The molecule has 1 saturated heterocycles. The summed E-state index contributed by atoms with van der Waals surface area (Å²) in [5.74, 6) is 0.189. The Kier molecular flexibility index (Phi) is 3.57. The number of aromatic nitrogens is 1. The smallest absolute Gasteiger partial charge is 0.239 e. The molecule has 3 aromatic rings. The number of carbonyl (C=O) groups excluding carboxylic acids is 1. The number of hydrogen-bond acceptors (Lipinski definition) is 2. The first kappa shape index (κ1) is 14.9. The summed E-state index contributed by atoms with van der Waals surface area (Å²) in [4.78, 5) is 19.6. The van der Waals surface area contributed by atoms with Crippen LogP contribution in [0.25, 0.3) is 10.9 Å². The van der Waals surface area contributed by atoms with Gasteiger partial charge in [0.05, 0.1) is 16.6 Å². The van der Waals surface area contributed by atoms with Gasteiger partial charge in [-0.1, -0.05) is 61.9 Å². The molecule has 1 aliphatic heterocycles. The van der Waals surface area contributed by atoms with Gasteiger partial charge in [0, 0.05) is 18.1 Å². The molecular formula is C21H20N2O. The second-order valence-corrected chi connectivity index (χ2v) is 6.44. The summed E-state index contributed by atoms with van der Waals surface area (Å²) in [6.07, 6.45) is 3.65. The highest BCUT2D eigenvalue weighted by molar-refractivity contribution is 6.12. The van der Waals surface area contributed by atoms with Gasteiger partial charge >= 0.3 is 0 Å². The van der Waals surface area contributed by atoms with E-state index in [4.69, 9.17) is 0 Å². The molecular weight excluding hydrogens is 296 g/mol. The lowest BCUT2D eigenvalue weighted by Crippen LogP contribution is -2.64. The van der Waals surface area contributed by atoms with Gasteiger partial charge in [-0.2, -0.15) is 0 Å². The van der Waals surface area contributed by atoms with Crippen LogP contribution in [0.2, 0.25) is 0 Å². The number of pyridine rings is 1. The molecule has 3 heteroatoms. The first-order valence-corrected chi connectivity index (χ1v) is 8.47. The standard InChI is InChI=1S/C21H20N2O/c1-2-13-21(17-10-4-3-5-11-17)15-23(20(21)24)18-12-6-8-16-9-7-14-22-19(16)18/h3-12,14H,2,13,15H2,1H3. The normalized spacial score (nSPS) is 20.2. The minimum Gasteiger partial charge on any atom is -0.308 e. The van der Waals surface area contributed by atoms with Crippen LogP contribution in [-0.2, 0) is 10.2 Å². The molecule has 1 atom stereocenters. The summed E-state index contributed by atoms with van der Waals surface area (Å²) in [5.41, 5.74) is 2.56. The summed E-state index contributed by atoms with van der Waals surface area (Å²) >= 11 is 0. The number of para-hydroxylation sites is 1. The molecule has 1 unspecified atom stereocenters. The van der Waals surface area contributed by atoms with Crippen LogP contribution >= 0.6 is 0 Å². The van der Waals surface area contributed by atoms with E-state index < -0.39 is 0 Å². The monoisotopic (exact) mass is 316 g/mol. The average molecular weight is 316 g/mol. The van der Waals surface area contributed by atoms with E-state index in [1.54, 1.807) is 6.20 Å². The molecule has 0 radical (unpaired) electrons. The topological polar surface area (TPSA) is 33.2 Å². The molecule has 0 bridgehead atoms. The Bertz CT molecular complexity index is 885. The van der Waals surface area contributed by atoms with Gasteiger partial charge in [-0.15, -0.1) is 0 Å². The summed E-state index contributed by atoms with van der Waals surface area (Å²) in [5, 5.41) is 1.07. The van der Waals surface area contributed by atoms with Crippen molar-refractivity contribution in [3.05, 3.63) is 72.4 Å². The van der Waals surface area contributed by atoms with Crippen molar-refractivity contribution in [1.82, 2.24) is 4.98 Å². The molecule has 1 fully saturated rings. The fraction of sp³-hybridized carbons (Fsp3) is 0.238. The van der Waals surface area contributed by atoms with Crippen LogP contribution in [-0.4, -0.2) is 17.4 Å². The Morgan fingerprint density at radius 3 is 2.58 bits per heavy atom. The number of rotatable bonds is 4. The van der Waals surface area contributed by atoms with Crippen molar-refractivity contribution < 1.29 is 4.79 Å². The molecule has 3 nitrogen and oxygen atoms in total. The fourth-order valence-electron chi connectivity index (χ4n) is 3.81. The molecule has 2 aromatic carbocycles. The van der Waals surface area contributed by atoms with Crippen molar-refractivity contribution in [1.29, 1.82) is 0 Å². The van der Waals surface area contributed by atoms with Gasteiger partial charge in [-0.3, -0.25) is 9.78 Å². The largest absolute Gasteiger partial charge is 0.308 e. The maximum atomic E-state index is 13.2. The van der Waals surface area contributed by atoms with Gasteiger partial charge in [-0.05, 0) is 24.1 Å². The van der Waals surface area contributed by atoms with Gasteiger partial charge in [-0.25, -0.2) is 0 Å². The second-order valence-electron chi connectivity index (χ2n) is 6.44. The van der Waals surface area contributed by atoms with Gasteiger partial charge < -0.3 is 4.90 Å². The van der Waals surface area contributed by atoms with Crippen molar-refractivity contribution in [2.75, 3.05) is 11.4 Å². The SMILES string of the molecule is CCCC1(c2ccccc2)CN(c2cccc3cccnc23)C1=O. The minimum absolute atomic E-state index is 0.189. The maximum absolute atomic E-state index is 13.2. The van der Waals surface area contributed by atoms with E-state index in [2.05, 4.69) is 24.0 Å². The first-order valence-electron chi connectivity index (χ1n) is 8.47. The van der Waals surface area contributed by atoms with Gasteiger partial charge in [0.1, 0.15) is 0 Å². The molecule has 1 aromatic heterocycles. The minimum atomic E-state index is -0.382. The molecule has 1 aliphatic rings. The van der Waals surface area contributed by atoms with Gasteiger partial charge in [0.25, 0.3) is 0 Å². The molecule has 24 heavy (non-hydrogen) atoms. The third-order valence-corrected chi connectivity index (χ3v) is 4.99. The number of benzene rings is 2. The Labute approximate surface area is 141 Å². The van der Waals surface area contributed by atoms with Gasteiger partial charge in [0.2, 0.25) is 5.91 Å². The number of fused-ring (bicyclic) bond motifs is 1. The maximum Gasteiger partial charge on any atom is 0.239 e. The predicted molar refractivity (Wildman–Crippen MR) is 97.1 cm³/mol. The summed E-state index contributed by atoms with van der Waals surface area (Å²) in [7, 11) is 0. The Hall–Kier alpha value is -2.68. The van der Waals surface area contributed by atoms with Crippen LogP contribution in [0.5, 0.6) is 0 Å². The van der Waals surface area contributed by atoms with Crippen molar-refractivity contribution >= 4 is 22.5 Å². The molecule has 0 N–H and O–H groups in total. The highest BCUT2D eigenvalue weighted by Crippen LogP contribution is 2.43. The van der Waals surface area contributed by atoms with Crippen LogP contribution in [0.3, 0.4) is 0 Å². The quantitative estimate of drug-likeness (QED) is 0.672. The molecule has 4 rings (SSSR count). The average Bonchev–Trinajstić information content (AvgIpc) is 2.65. The van der Waals surface area contributed by atoms with Crippen molar-refractivity contribution in [2.45, 2.75) is 25.2 Å². The number of nitrogens with zero attached hydrogens (tertiary/aromatic N) is 2. The number of anilines is 1. The number of β-lactam (4-membered cyclic amide) rings is 1. The van der Waals surface area contributed by atoms with Crippen molar-refractivity contribution in [3.63, 3.8) is 0 Å². The van der Waals surface area contributed by atoms with Crippen LogP contribution < -0.4 is 4.90 Å². The van der Waals surface area contributed by atoms with Crippen LogP contribution in [0.15, 0.2) is 66.9 Å².